The Morgan fingerprint density at radius 2 is 2.20 bits per heavy atom. The smallest absolute Gasteiger partial charge is 0.236 e. The van der Waals surface area contributed by atoms with E-state index in [1.165, 1.54) is 0 Å². The first-order valence-electron chi connectivity index (χ1n) is 3.26. The highest BCUT2D eigenvalue weighted by molar-refractivity contribution is 5.79. The zero-order valence-corrected chi connectivity index (χ0v) is 6.29. The summed E-state index contributed by atoms with van der Waals surface area (Å²) < 4.78 is 0. The Labute approximate surface area is 60.4 Å². The minimum atomic E-state index is -0.611. The molecule has 0 saturated heterocycles. The molecule has 1 atom stereocenters. The molecule has 0 aromatic heterocycles. The molecule has 0 aliphatic carbocycles. The van der Waals surface area contributed by atoms with Crippen LogP contribution in [0.25, 0.3) is 0 Å². The molecule has 0 fully saturated rings. The summed E-state index contributed by atoms with van der Waals surface area (Å²) in [5.74, 6) is -0.173. The van der Waals surface area contributed by atoms with Crippen LogP contribution in [-0.2, 0) is 4.79 Å². The summed E-state index contributed by atoms with van der Waals surface area (Å²) in [6, 6.07) is -0.611. The van der Waals surface area contributed by atoms with E-state index in [2.05, 4.69) is 0 Å². The van der Waals surface area contributed by atoms with Gasteiger partial charge in [-0.2, -0.15) is 5.48 Å². The number of nitrogens with two attached hydrogens (primary N) is 1. The van der Waals surface area contributed by atoms with Gasteiger partial charge in [-0.05, 0) is 12.3 Å². The Hall–Kier alpha value is -0.610. The van der Waals surface area contributed by atoms with Crippen molar-refractivity contribution < 1.29 is 10.0 Å². The quantitative estimate of drug-likeness (QED) is 0.483. The van der Waals surface area contributed by atoms with Crippen LogP contribution in [-0.4, -0.2) is 17.2 Å². The summed E-state index contributed by atoms with van der Waals surface area (Å²) in [4.78, 5) is 10.5. The minimum absolute atomic E-state index is 0.345. The average Bonchev–Trinajstić information content (AvgIpc) is 1.81. The standard InChI is InChI=1S/C6H14N2O2/c1-4(2)3-5(8-10)6(7)9/h4-5,8,10H,3H2,1-2H3,(H2,7,9). The molecule has 0 rings (SSSR count). The second-order valence-electron chi connectivity index (χ2n) is 2.71. The largest absolute Gasteiger partial charge is 0.368 e. The molecular weight excluding hydrogens is 132 g/mol. The lowest BCUT2D eigenvalue weighted by Crippen LogP contribution is -2.40. The fraction of sp³-hybridized carbons (Fsp3) is 0.833. The molecule has 1 amide bonds. The lowest BCUT2D eigenvalue weighted by atomic mass is 10.0. The molecule has 0 heterocycles. The van der Waals surface area contributed by atoms with Crippen molar-refractivity contribution in [3.63, 3.8) is 0 Å². The van der Waals surface area contributed by atoms with Crippen molar-refractivity contribution >= 4 is 5.91 Å². The molecule has 0 aliphatic heterocycles. The molecule has 4 nitrogen and oxygen atoms in total. The monoisotopic (exact) mass is 146 g/mol. The van der Waals surface area contributed by atoms with Gasteiger partial charge in [0.2, 0.25) is 5.91 Å². The summed E-state index contributed by atoms with van der Waals surface area (Å²) in [5, 5.41) is 8.39. The average molecular weight is 146 g/mol. The molecule has 0 aromatic rings. The summed E-state index contributed by atoms with van der Waals surface area (Å²) >= 11 is 0. The third-order valence-corrected chi connectivity index (χ3v) is 1.21. The summed E-state index contributed by atoms with van der Waals surface area (Å²) in [6.07, 6.45) is 0.561. The van der Waals surface area contributed by atoms with Gasteiger partial charge in [0.1, 0.15) is 6.04 Å². The maximum atomic E-state index is 10.5. The van der Waals surface area contributed by atoms with Gasteiger partial charge >= 0.3 is 0 Å². The van der Waals surface area contributed by atoms with Crippen molar-refractivity contribution in [2.24, 2.45) is 11.7 Å². The van der Waals surface area contributed by atoms with Gasteiger partial charge in [0.15, 0.2) is 0 Å². The van der Waals surface area contributed by atoms with Crippen LogP contribution >= 0.6 is 0 Å². The van der Waals surface area contributed by atoms with E-state index in [4.69, 9.17) is 10.9 Å². The van der Waals surface area contributed by atoms with Crippen LogP contribution in [0.1, 0.15) is 20.3 Å². The van der Waals surface area contributed by atoms with Crippen molar-refractivity contribution in [1.82, 2.24) is 5.48 Å². The van der Waals surface area contributed by atoms with Gasteiger partial charge in [-0.15, -0.1) is 0 Å². The third-order valence-electron chi connectivity index (χ3n) is 1.21. The Balaban J connectivity index is 3.72. The summed E-state index contributed by atoms with van der Waals surface area (Å²) in [7, 11) is 0. The zero-order valence-electron chi connectivity index (χ0n) is 6.29. The predicted molar refractivity (Wildman–Crippen MR) is 37.4 cm³/mol. The maximum Gasteiger partial charge on any atom is 0.236 e. The van der Waals surface area contributed by atoms with Gasteiger partial charge in [0, 0.05) is 0 Å². The van der Waals surface area contributed by atoms with Crippen molar-refractivity contribution in [3.8, 4) is 0 Å². The molecule has 0 aromatic carbocycles. The zero-order chi connectivity index (χ0) is 8.15. The number of rotatable bonds is 4. The molecule has 0 radical (unpaired) electrons. The molecule has 1 unspecified atom stereocenters. The topological polar surface area (TPSA) is 75.3 Å². The van der Waals surface area contributed by atoms with Crippen LogP contribution in [0.4, 0.5) is 0 Å². The van der Waals surface area contributed by atoms with Crippen molar-refractivity contribution in [2.75, 3.05) is 0 Å². The Morgan fingerprint density at radius 3 is 2.30 bits per heavy atom. The fourth-order valence-electron chi connectivity index (χ4n) is 0.704. The molecule has 10 heavy (non-hydrogen) atoms. The summed E-state index contributed by atoms with van der Waals surface area (Å²) in [5.41, 5.74) is 6.79. The number of hydrogen-bond donors (Lipinski definition) is 3. The molecule has 4 N–H and O–H groups in total. The van der Waals surface area contributed by atoms with Crippen molar-refractivity contribution in [2.45, 2.75) is 26.3 Å². The molecular formula is C6H14N2O2. The molecule has 0 bridgehead atoms. The Bertz CT molecular complexity index is 114. The first-order valence-corrected chi connectivity index (χ1v) is 3.26. The highest BCUT2D eigenvalue weighted by Gasteiger charge is 2.14. The van der Waals surface area contributed by atoms with Crippen LogP contribution in [0.5, 0.6) is 0 Å². The van der Waals surface area contributed by atoms with Gasteiger partial charge in [-0.3, -0.25) is 4.79 Å². The highest BCUT2D eigenvalue weighted by Crippen LogP contribution is 2.02. The second kappa shape index (κ2) is 4.24. The van der Waals surface area contributed by atoms with E-state index in [1.807, 2.05) is 19.3 Å². The second-order valence-corrected chi connectivity index (χ2v) is 2.71. The van der Waals surface area contributed by atoms with Crippen LogP contribution in [0.15, 0.2) is 0 Å². The lowest BCUT2D eigenvalue weighted by Gasteiger charge is -2.12. The van der Waals surface area contributed by atoms with E-state index >= 15 is 0 Å². The molecule has 4 heteroatoms. The van der Waals surface area contributed by atoms with Gasteiger partial charge in [0.05, 0.1) is 0 Å². The van der Waals surface area contributed by atoms with Crippen LogP contribution in [0.2, 0.25) is 0 Å². The Morgan fingerprint density at radius 1 is 1.70 bits per heavy atom. The molecule has 60 valence electrons. The first-order chi connectivity index (χ1) is 4.57. The molecule has 0 aliphatic rings. The van der Waals surface area contributed by atoms with E-state index in [-0.39, 0.29) is 0 Å². The van der Waals surface area contributed by atoms with Crippen LogP contribution in [0.3, 0.4) is 0 Å². The van der Waals surface area contributed by atoms with Crippen molar-refractivity contribution in [3.05, 3.63) is 0 Å². The number of primary amides is 1. The van der Waals surface area contributed by atoms with Gasteiger partial charge in [-0.25, -0.2) is 0 Å². The number of carbonyl (C=O) groups excluding carboxylic acids is 1. The van der Waals surface area contributed by atoms with Crippen molar-refractivity contribution in [1.29, 1.82) is 0 Å². The first kappa shape index (κ1) is 9.39. The van der Waals surface area contributed by atoms with Gasteiger partial charge in [-0.1, -0.05) is 13.8 Å². The van der Waals surface area contributed by atoms with E-state index in [1.54, 1.807) is 0 Å². The van der Waals surface area contributed by atoms with E-state index < -0.39 is 11.9 Å². The lowest BCUT2D eigenvalue weighted by molar-refractivity contribution is -0.123. The number of amides is 1. The fourth-order valence-corrected chi connectivity index (χ4v) is 0.704. The third kappa shape index (κ3) is 3.42. The summed E-state index contributed by atoms with van der Waals surface area (Å²) in [6.45, 7) is 3.90. The number of nitrogens with one attached hydrogen (secondary N) is 1. The van der Waals surface area contributed by atoms with E-state index in [0.717, 1.165) is 0 Å². The SMILES string of the molecule is CC(C)CC(NO)C(N)=O. The predicted octanol–water partition coefficient (Wildman–Crippen LogP) is -0.135. The van der Waals surface area contributed by atoms with Crippen LogP contribution < -0.4 is 11.2 Å². The number of hydroxylamine groups is 1. The highest BCUT2D eigenvalue weighted by atomic mass is 16.5. The van der Waals surface area contributed by atoms with E-state index in [0.29, 0.717) is 12.3 Å². The van der Waals surface area contributed by atoms with Gasteiger partial charge in [0.25, 0.3) is 0 Å². The van der Waals surface area contributed by atoms with E-state index in [9.17, 15) is 4.79 Å². The minimum Gasteiger partial charge on any atom is -0.368 e. The molecule has 0 spiro atoms. The Kier molecular flexibility index (Phi) is 3.99. The molecule has 0 saturated carbocycles. The van der Waals surface area contributed by atoms with Crippen LogP contribution in [0, 0.1) is 5.92 Å². The number of carbonyl (C=O) groups is 1. The van der Waals surface area contributed by atoms with Gasteiger partial charge < -0.3 is 10.9 Å². The number of hydrogen-bond acceptors (Lipinski definition) is 3. The normalized spacial score (nSPS) is 13.6. The maximum absolute atomic E-state index is 10.5.